The molecule has 1 spiro atoms. The number of carbonyl (C=O) groups is 3. The number of fused-ring (bicyclic) bond motifs is 1. The summed E-state index contributed by atoms with van der Waals surface area (Å²) in [7, 11) is 0. The van der Waals surface area contributed by atoms with Crippen molar-refractivity contribution in [1.29, 1.82) is 0 Å². The van der Waals surface area contributed by atoms with Crippen molar-refractivity contribution in [2.45, 2.75) is 81.5 Å². The Balaban J connectivity index is 2.04. The van der Waals surface area contributed by atoms with Crippen molar-refractivity contribution in [3.63, 3.8) is 0 Å². The summed E-state index contributed by atoms with van der Waals surface area (Å²) >= 11 is 1.61. The summed E-state index contributed by atoms with van der Waals surface area (Å²) in [6.07, 6.45) is 2.05. The molecule has 3 aliphatic rings. The number of rotatable bonds is 6. The molecule has 2 unspecified atom stereocenters. The van der Waals surface area contributed by atoms with Crippen molar-refractivity contribution >= 4 is 29.5 Å². The molecular formula is C20H32N2O5S. The minimum absolute atomic E-state index is 0.00860. The van der Waals surface area contributed by atoms with Gasteiger partial charge in [-0.05, 0) is 47.0 Å². The molecule has 3 saturated heterocycles. The van der Waals surface area contributed by atoms with Gasteiger partial charge in [-0.1, -0.05) is 6.92 Å². The van der Waals surface area contributed by atoms with E-state index in [0.29, 0.717) is 6.42 Å². The van der Waals surface area contributed by atoms with Gasteiger partial charge in [-0.25, -0.2) is 0 Å². The first kappa shape index (κ1) is 21.4. The predicted molar refractivity (Wildman–Crippen MR) is 107 cm³/mol. The fraction of sp³-hybridized carbons (Fsp3) is 0.850. The van der Waals surface area contributed by atoms with Crippen molar-refractivity contribution in [1.82, 2.24) is 10.2 Å². The number of hydrogen-bond acceptors (Lipinski definition) is 6. The van der Waals surface area contributed by atoms with E-state index in [4.69, 9.17) is 4.74 Å². The van der Waals surface area contributed by atoms with E-state index in [1.165, 1.54) is 0 Å². The highest BCUT2D eigenvalue weighted by Crippen LogP contribution is 2.66. The van der Waals surface area contributed by atoms with Gasteiger partial charge in [-0.15, -0.1) is 11.8 Å². The third-order valence-corrected chi connectivity index (χ3v) is 8.07. The van der Waals surface area contributed by atoms with Gasteiger partial charge in [0.05, 0.1) is 35.8 Å². The Labute approximate surface area is 170 Å². The molecule has 8 heteroatoms. The lowest BCUT2D eigenvalue weighted by atomic mass is 9.71. The summed E-state index contributed by atoms with van der Waals surface area (Å²) in [5, 5.41) is 12.9. The molecule has 7 nitrogen and oxygen atoms in total. The van der Waals surface area contributed by atoms with Crippen LogP contribution in [-0.4, -0.2) is 68.6 Å². The van der Waals surface area contributed by atoms with Crippen LogP contribution >= 0.6 is 11.8 Å². The lowest BCUT2D eigenvalue weighted by molar-refractivity contribution is -0.154. The number of aliphatic hydroxyl groups is 1. The van der Waals surface area contributed by atoms with Crippen LogP contribution < -0.4 is 5.32 Å². The number of nitrogens with zero attached hydrogens (tertiary/aromatic N) is 1. The first-order valence-electron chi connectivity index (χ1n) is 10.2. The molecule has 0 saturated carbocycles. The van der Waals surface area contributed by atoms with Crippen molar-refractivity contribution in [3.05, 3.63) is 0 Å². The maximum Gasteiger partial charge on any atom is 0.310 e. The molecule has 28 heavy (non-hydrogen) atoms. The van der Waals surface area contributed by atoms with Gasteiger partial charge >= 0.3 is 5.97 Å². The van der Waals surface area contributed by atoms with E-state index in [-0.39, 0.29) is 36.2 Å². The Kier molecular flexibility index (Phi) is 5.75. The molecule has 0 aliphatic carbocycles. The summed E-state index contributed by atoms with van der Waals surface area (Å²) in [4.78, 5) is 41.2. The second-order valence-corrected chi connectivity index (χ2v) is 10.6. The number of nitrogens with one attached hydrogen (secondary N) is 1. The topological polar surface area (TPSA) is 95.9 Å². The van der Waals surface area contributed by atoms with Crippen molar-refractivity contribution in [2.75, 3.05) is 13.2 Å². The monoisotopic (exact) mass is 412 g/mol. The number of amides is 2. The SMILES string of the molecule is CCOC(=O)[C@@H]1[C@H]2C(=O)N([C@@H](CC)CO)C(C(=O)NC(C)(C)C)C23CC[C@H]1S3. The molecule has 3 rings (SSSR count). The smallest absolute Gasteiger partial charge is 0.310 e. The van der Waals surface area contributed by atoms with Crippen LogP contribution in [0.4, 0.5) is 0 Å². The van der Waals surface area contributed by atoms with Gasteiger partial charge in [0.25, 0.3) is 0 Å². The summed E-state index contributed by atoms with van der Waals surface area (Å²) in [6, 6.07) is -1.12. The number of esters is 1. The quantitative estimate of drug-likeness (QED) is 0.639. The second kappa shape index (κ2) is 7.52. The minimum atomic E-state index is -0.684. The fourth-order valence-corrected chi connectivity index (χ4v) is 7.34. The first-order chi connectivity index (χ1) is 13.1. The molecule has 0 aromatic heterocycles. The zero-order valence-electron chi connectivity index (χ0n) is 17.4. The van der Waals surface area contributed by atoms with Gasteiger partial charge < -0.3 is 20.1 Å². The molecule has 2 N–H and O–H groups in total. The van der Waals surface area contributed by atoms with Gasteiger partial charge in [0, 0.05) is 10.8 Å². The molecule has 3 heterocycles. The molecule has 3 aliphatic heterocycles. The van der Waals surface area contributed by atoms with E-state index in [9.17, 15) is 19.5 Å². The van der Waals surface area contributed by atoms with E-state index >= 15 is 0 Å². The van der Waals surface area contributed by atoms with Crippen LogP contribution in [-0.2, 0) is 19.1 Å². The minimum Gasteiger partial charge on any atom is -0.466 e. The summed E-state index contributed by atoms with van der Waals surface area (Å²) in [5.41, 5.74) is -0.441. The Morgan fingerprint density at radius 3 is 2.61 bits per heavy atom. The Morgan fingerprint density at radius 1 is 1.39 bits per heavy atom. The first-order valence-corrected chi connectivity index (χ1v) is 11.1. The predicted octanol–water partition coefficient (Wildman–Crippen LogP) is 1.33. The normalized spacial score (nSPS) is 35.1. The van der Waals surface area contributed by atoms with Crippen LogP contribution in [0, 0.1) is 11.8 Å². The standard InChI is InChI=1S/C20H32N2O5S/c1-6-11(10-23)22-15(16(24)21-19(3,4)5)20-9-8-12(28-20)13(14(20)17(22)25)18(26)27-7-2/h11-15,23H,6-10H2,1-5H3,(H,21,24)/t11-,12+,13-,14-,15?,20?/m0/s1. The van der Waals surface area contributed by atoms with Gasteiger partial charge in [0.1, 0.15) is 6.04 Å². The highest BCUT2D eigenvalue weighted by molar-refractivity contribution is 8.02. The van der Waals surface area contributed by atoms with Crippen molar-refractivity contribution in [3.8, 4) is 0 Å². The van der Waals surface area contributed by atoms with E-state index in [2.05, 4.69) is 5.32 Å². The largest absolute Gasteiger partial charge is 0.466 e. The zero-order valence-corrected chi connectivity index (χ0v) is 18.2. The molecule has 2 bridgehead atoms. The van der Waals surface area contributed by atoms with Crippen LogP contribution in [0.2, 0.25) is 0 Å². The van der Waals surface area contributed by atoms with Crippen LogP contribution in [0.3, 0.4) is 0 Å². The lowest BCUT2D eigenvalue weighted by Crippen LogP contribution is -2.59. The molecule has 6 atom stereocenters. The average molecular weight is 413 g/mol. The van der Waals surface area contributed by atoms with Crippen molar-refractivity contribution in [2.24, 2.45) is 11.8 Å². The molecule has 2 amide bonds. The molecule has 0 radical (unpaired) electrons. The number of carbonyl (C=O) groups excluding carboxylic acids is 3. The molecule has 0 aromatic rings. The second-order valence-electron chi connectivity index (χ2n) is 9.04. The Hall–Kier alpha value is -1.28. The van der Waals surface area contributed by atoms with E-state index < -0.39 is 34.2 Å². The number of thioether (sulfide) groups is 1. The zero-order chi connectivity index (χ0) is 20.9. The summed E-state index contributed by atoms with van der Waals surface area (Å²) in [5.74, 6) is -1.81. The molecule has 3 fully saturated rings. The van der Waals surface area contributed by atoms with Gasteiger partial charge in [-0.2, -0.15) is 0 Å². The lowest BCUT2D eigenvalue weighted by Gasteiger charge is -2.38. The highest BCUT2D eigenvalue weighted by atomic mass is 32.2. The van der Waals surface area contributed by atoms with Crippen molar-refractivity contribution < 1.29 is 24.2 Å². The van der Waals surface area contributed by atoms with Crippen LogP contribution in [0.5, 0.6) is 0 Å². The van der Waals surface area contributed by atoms with Crippen LogP contribution in [0.15, 0.2) is 0 Å². The number of likely N-dealkylation sites (tertiary alicyclic amines) is 1. The number of aliphatic hydroxyl groups excluding tert-OH is 1. The van der Waals surface area contributed by atoms with Crippen LogP contribution in [0.25, 0.3) is 0 Å². The third kappa shape index (κ3) is 3.22. The average Bonchev–Trinajstić information content (AvgIpc) is 3.23. The Morgan fingerprint density at radius 2 is 2.07 bits per heavy atom. The maximum atomic E-state index is 13.5. The van der Waals surface area contributed by atoms with E-state index in [0.717, 1.165) is 12.8 Å². The molecule has 0 aromatic carbocycles. The summed E-state index contributed by atoms with van der Waals surface area (Å²) < 4.78 is 4.66. The number of hydrogen-bond donors (Lipinski definition) is 2. The molecule has 158 valence electrons. The third-order valence-electron chi connectivity index (χ3n) is 6.12. The summed E-state index contributed by atoms with van der Waals surface area (Å²) in [6.45, 7) is 9.44. The van der Waals surface area contributed by atoms with Gasteiger partial charge in [-0.3, -0.25) is 14.4 Å². The maximum absolute atomic E-state index is 13.5. The fourth-order valence-electron chi connectivity index (χ4n) is 5.14. The number of ether oxygens (including phenoxy) is 1. The van der Waals surface area contributed by atoms with E-state index in [1.54, 1.807) is 23.6 Å². The van der Waals surface area contributed by atoms with Crippen LogP contribution in [0.1, 0.15) is 53.9 Å². The van der Waals surface area contributed by atoms with Gasteiger partial charge in [0.2, 0.25) is 11.8 Å². The van der Waals surface area contributed by atoms with Gasteiger partial charge in [0.15, 0.2) is 0 Å². The Bertz CT molecular complexity index is 659. The molecular weight excluding hydrogens is 380 g/mol. The highest BCUT2D eigenvalue weighted by Gasteiger charge is 2.74. The van der Waals surface area contributed by atoms with E-state index in [1.807, 2.05) is 27.7 Å².